The molecule has 0 saturated carbocycles. The SMILES string of the molecule is COc1cc(N)ccc1[C@H](N)CN. The minimum atomic E-state index is -0.199. The van der Waals surface area contributed by atoms with Crippen molar-refractivity contribution in [2.75, 3.05) is 19.4 Å². The van der Waals surface area contributed by atoms with Gasteiger partial charge in [-0.25, -0.2) is 0 Å². The van der Waals surface area contributed by atoms with Gasteiger partial charge in [0.15, 0.2) is 0 Å². The van der Waals surface area contributed by atoms with Gasteiger partial charge in [0.25, 0.3) is 0 Å². The molecule has 4 heteroatoms. The van der Waals surface area contributed by atoms with Gasteiger partial charge in [-0.15, -0.1) is 0 Å². The van der Waals surface area contributed by atoms with Gasteiger partial charge in [-0.1, -0.05) is 6.07 Å². The third kappa shape index (κ3) is 2.11. The molecule has 0 radical (unpaired) electrons. The van der Waals surface area contributed by atoms with Crippen molar-refractivity contribution < 1.29 is 4.74 Å². The molecule has 0 unspecified atom stereocenters. The zero-order valence-electron chi connectivity index (χ0n) is 7.66. The van der Waals surface area contributed by atoms with E-state index in [9.17, 15) is 0 Å². The highest BCUT2D eigenvalue weighted by Crippen LogP contribution is 2.25. The fourth-order valence-corrected chi connectivity index (χ4v) is 1.16. The van der Waals surface area contributed by atoms with Gasteiger partial charge in [0.05, 0.1) is 7.11 Å². The molecule has 1 rings (SSSR count). The van der Waals surface area contributed by atoms with Crippen molar-refractivity contribution in [2.24, 2.45) is 11.5 Å². The van der Waals surface area contributed by atoms with Crippen molar-refractivity contribution in [1.29, 1.82) is 0 Å². The molecule has 6 N–H and O–H groups in total. The van der Waals surface area contributed by atoms with Gasteiger partial charge >= 0.3 is 0 Å². The second-order valence-electron chi connectivity index (χ2n) is 2.84. The van der Waals surface area contributed by atoms with E-state index < -0.39 is 0 Å². The average Bonchev–Trinajstić information content (AvgIpc) is 2.16. The van der Waals surface area contributed by atoms with Crippen molar-refractivity contribution >= 4 is 5.69 Å². The third-order valence-electron chi connectivity index (χ3n) is 1.91. The lowest BCUT2D eigenvalue weighted by atomic mass is 10.1. The van der Waals surface area contributed by atoms with Crippen LogP contribution in [-0.2, 0) is 0 Å². The number of hydrogen-bond donors (Lipinski definition) is 3. The molecule has 0 fully saturated rings. The lowest BCUT2D eigenvalue weighted by Crippen LogP contribution is -2.21. The zero-order chi connectivity index (χ0) is 9.84. The third-order valence-corrected chi connectivity index (χ3v) is 1.91. The maximum atomic E-state index is 5.77. The van der Waals surface area contributed by atoms with E-state index in [1.54, 1.807) is 19.2 Å². The van der Waals surface area contributed by atoms with Gasteiger partial charge in [-0.2, -0.15) is 0 Å². The Balaban J connectivity index is 3.05. The molecule has 13 heavy (non-hydrogen) atoms. The summed E-state index contributed by atoms with van der Waals surface area (Å²) in [6.07, 6.45) is 0. The standard InChI is InChI=1S/C9H15N3O/c1-13-9-4-6(11)2-3-7(9)8(12)5-10/h2-4,8H,5,10-12H2,1H3/t8-/m1/s1. The molecule has 1 aromatic rings. The molecule has 0 bridgehead atoms. The molecule has 1 aromatic carbocycles. The number of nitrogen functional groups attached to an aromatic ring is 1. The first-order chi connectivity index (χ1) is 6.19. The maximum absolute atomic E-state index is 5.77. The first-order valence-corrected chi connectivity index (χ1v) is 4.08. The second-order valence-corrected chi connectivity index (χ2v) is 2.84. The molecular formula is C9H15N3O. The minimum Gasteiger partial charge on any atom is -0.496 e. The summed E-state index contributed by atoms with van der Waals surface area (Å²) in [5.74, 6) is 0.693. The van der Waals surface area contributed by atoms with Crippen LogP contribution in [0.25, 0.3) is 0 Å². The van der Waals surface area contributed by atoms with Crippen molar-refractivity contribution in [2.45, 2.75) is 6.04 Å². The molecule has 0 aliphatic carbocycles. The van der Waals surface area contributed by atoms with E-state index in [0.717, 1.165) is 5.56 Å². The van der Waals surface area contributed by atoms with Crippen LogP contribution in [0.5, 0.6) is 5.75 Å². The van der Waals surface area contributed by atoms with Gasteiger partial charge < -0.3 is 21.9 Å². The number of anilines is 1. The molecule has 0 aliphatic rings. The normalized spacial score (nSPS) is 12.5. The molecule has 0 heterocycles. The van der Waals surface area contributed by atoms with Crippen molar-refractivity contribution in [3.8, 4) is 5.75 Å². The summed E-state index contributed by atoms with van der Waals surface area (Å²) in [4.78, 5) is 0. The van der Waals surface area contributed by atoms with E-state index >= 15 is 0 Å². The minimum absolute atomic E-state index is 0.199. The summed E-state index contributed by atoms with van der Waals surface area (Å²) in [6, 6.07) is 5.17. The fourth-order valence-electron chi connectivity index (χ4n) is 1.16. The molecule has 0 aliphatic heterocycles. The Morgan fingerprint density at radius 2 is 2.15 bits per heavy atom. The number of benzene rings is 1. The van der Waals surface area contributed by atoms with Crippen molar-refractivity contribution in [3.63, 3.8) is 0 Å². The first kappa shape index (κ1) is 9.83. The Kier molecular flexibility index (Phi) is 3.11. The van der Waals surface area contributed by atoms with Crippen molar-refractivity contribution in [3.05, 3.63) is 23.8 Å². The number of hydrogen-bond acceptors (Lipinski definition) is 4. The van der Waals surface area contributed by atoms with Gasteiger partial charge in [-0.3, -0.25) is 0 Å². The largest absolute Gasteiger partial charge is 0.496 e. The Morgan fingerprint density at radius 3 is 2.69 bits per heavy atom. The fraction of sp³-hybridized carbons (Fsp3) is 0.333. The van der Waals surface area contributed by atoms with Crippen LogP contribution in [0.3, 0.4) is 0 Å². The monoisotopic (exact) mass is 181 g/mol. The first-order valence-electron chi connectivity index (χ1n) is 4.08. The van der Waals surface area contributed by atoms with Crippen LogP contribution in [0.2, 0.25) is 0 Å². The highest BCUT2D eigenvalue weighted by atomic mass is 16.5. The summed E-state index contributed by atoms with van der Waals surface area (Å²) >= 11 is 0. The number of nitrogens with two attached hydrogens (primary N) is 3. The van der Waals surface area contributed by atoms with E-state index in [1.165, 1.54) is 0 Å². The van der Waals surface area contributed by atoms with E-state index in [-0.39, 0.29) is 6.04 Å². The van der Waals surface area contributed by atoms with Gasteiger partial charge in [0.2, 0.25) is 0 Å². The molecule has 0 aromatic heterocycles. The average molecular weight is 181 g/mol. The van der Waals surface area contributed by atoms with Crippen molar-refractivity contribution in [1.82, 2.24) is 0 Å². The highest BCUT2D eigenvalue weighted by molar-refractivity contribution is 5.49. The number of methoxy groups -OCH3 is 1. The van der Waals surface area contributed by atoms with Crippen LogP contribution in [0.15, 0.2) is 18.2 Å². The summed E-state index contributed by atoms with van der Waals surface area (Å²) in [6.45, 7) is 0.389. The number of ether oxygens (including phenoxy) is 1. The lowest BCUT2D eigenvalue weighted by molar-refractivity contribution is 0.406. The second kappa shape index (κ2) is 4.11. The summed E-state index contributed by atoms with van der Waals surface area (Å²) in [5.41, 5.74) is 18.4. The van der Waals surface area contributed by atoms with Gasteiger partial charge in [0.1, 0.15) is 5.75 Å². The Hall–Kier alpha value is -1.26. The number of rotatable bonds is 3. The van der Waals surface area contributed by atoms with Crippen LogP contribution in [0.4, 0.5) is 5.69 Å². The quantitative estimate of drug-likeness (QED) is 0.583. The predicted molar refractivity (Wildman–Crippen MR) is 53.4 cm³/mol. The predicted octanol–water partition coefficient (Wildman–Crippen LogP) is 0.236. The summed E-state index contributed by atoms with van der Waals surface area (Å²) in [5, 5.41) is 0. The van der Waals surface area contributed by atoms with E-state index in [4.69, 9.17) is 21.9 Å². The van der Waals surface area contributed by atoms with E-state index in [2.05, 4.69) is 0 Å². The lowest BCUT2D eigenvalue weighted by Gasteiger charge is -2.13. The van der Waals surface area contributed by atoms with Crippen LogP contribution in [0.1, 0.15) is 11.6 Å². The molecule has 72 valence electrons. The molecule has 0 amide bonds. The van der Waals surface area contributed by atoms with Gasteiger partial charge in [0, 0.05) is 29.9 Å². The van der Waals surface area contributed by atoms with E-state index in [0.29, 0.717) is 18.0 Å². The summed E-state index contributed by atoms with van der Waals surface area (Å²) in [7, 11) is 1.58. The Bertz CT molecular complexity index is 288. The van der Waals surface area contributed by atoms with Gasteiger partial charge in [-0.05, 0) is 6.07 Å². The molecular weight excluding hydrogens is 166 g/mol. The maximum Gasteiger partial charge on any atom is 0.125 e. The smallest absolute Gasteiger partial charge is 0.125 e. The molecule has 0 saturated heterocycles. The van der Waals surface area contributed by atoms with Crippen LogP contribution in [0, 0.1) is 0 Å². The van der Waals surface area contributed by atoms with Crippen LogP contribution in [-0.4, -0.2) is 13.7 Å². The van der Waals surface area contributed by atoms with Crippen LogP contribution >= 0.6 is 0 Å². The Labute approximate surface area is 77.7 Å². The zero-order valence-corrected chi connectivity index (χ0v) is 7.66. The summed E-state index contributed by atoms with van der Waals surface area (Å²) < 4.78 is 5.13. The molecule has 1 atom stereocenters. The van der Waals surface area contributed by atoms with Crippen LogP contribution < -0.4 is 21.9 Å². The topological polar surface area (TPSA) is 87.3 Å². The molecule has 4 nitrogen and oxygen atoms in total. The molecule has 0 spiro atoms. The Morgan fingerprint density at radius 1 is 1.46 bits per heavy atom. The van der Waals surface area contributed by atoms with E-state index in [1.807, 2.05) is 6.07 Å². The highest BCUT2D eigenvalue weighted by Gasteiger charge is 2.09.